The van der Waals surface area contributed by atoms with Gasteiger partial charge < -0.3 is 10.4 Å². The molecule has 0 atom stereocenters. The highest BCUT2D eigenvalue weighted by Crippen LogP contribution is 2.34. The number of carbonyl (C=O) groups is 2. The Morgan fingerprint density at radius 3 is 2.11 bits per heavy atom. The van der Waals surface area contributed by atoms with E-state index in [1.54, 1.807) is 24.3 Å². The van der Waals surface area contributed by atoms with E-state index in [0.29, 0.717) is 28.5 Å². The Hall–Kier alpha value is -2.04. The summed E-state index contributed by atoms with van der Waals surface area (Å²) in [6.45, 7) is 0. The minimum absolute atomic E-state index is 0.334. The summed E-state index contributed by atoms with van der Waals surface area (Å²) in [6.07, 6.45) is 4.45. The monoisotopic (exact) mass is 405 g/mol. The number of aliphatic carboxylic acids is 1. The number of carbonyl (C=O) groups excluding carboxylic acids is 1. The van der Waals surface area contributed by atoms with E-state index in [4.69, 9.17) is 23.2 Å². The average Bonchev–Trinajstić information content (AvgIpc) is 2.89. The molecule has 1 saturated carbocycles. The number of nitrogens with one attached hydrogen (secondary N) is 1. The fourth-order valence-corrected chi connectivity index (χ4v) is 4.09. The topological polar surface area (TPSA) is 66.4 Å². The Kier molecular flexibility index (Phi) is 6.08. The van der Waals surface area contributed by atoms with Crippen LogP contribution in [0.4, 0.5) is 0 Å². The zero-order valence-corrected chi connectivity index (χ0v) is 16.3. The van der Waals surface area contributed by atoms with Crippen molar-refractivity contribution in [1.29, 1.82) is 0 Å². The average molecular weight is 406 g/mol. The van der Waals surface area contributed by atoms with Crippen molar-refractivity contribution in [2.75, 3.05) is 0 Å². The van der Waals surface area contributed by atoms with Gasteiger partial charge in [0.1, 0.15) is 5.54 Å². The van der Waals surface area contributed by atoms with Gasteiger partial charge in [0.2, 0.25) is 0 Å². The Labute approximate surface area is 168 Å². The second-order valence-electron chi connectivity index (χ2n) is 6.93. The van der Waals surface area contributed by atoms with Gasteiger partial charge in [0.15, 0.2) is 0 Å². The molecule has 0 heterocycles. The van der Waals surface area contributed by atoms with Crippen LogP contribution in [0.15, 0.2) is 42.5 Å². The summed E-state index contributed by atoms with van der Waals surface area (Å²) < 4.78 is 0. The summed E-state index contributed by atoms with van der Waals surface area (Å²) in [5.74, 6) is -1.40. The van der Waals surface area contributed by atoms with E-state index in [1.165, 1.54) is 0 Å². The molecule has 1 aliphatic carbocycles. The van der Waals surface area contributed by atoms with E-state index in [0.717, 1.165) is 36.8 Å². The predicted octanol–water partition coefficient (Wildman–Crippen LogP) is 5.57. The quantitative estimate of drug-likeness (QED) is 0.653. The van der Waals surface area contributed by atoms with E-state index in [9.17, 15) is 14.7 Å². The molecule has 6 heteroatoms. The predicted molar refractivity (Wildman–Crippen MR) is 107 cm³/mol. The maximum Gasteiger partial charge on any atom is 0.329 e. The van der Waals surface area contributed by atoms with Gasteiger partial charge in [-0.3, -0.25) is 4.79 Å². The molecule has 1 aliphatic rings. The smallest absolute Gasteiger partial charge is 0.329 e. The maximum atomic E-state index is 12.7. The zero-order valence-electron chi connectivity index (χ0n) is 14.8. The first kappa shape index (κ1) is 19.7. The van der Waals surface area contributed by atoms with Crippen LogP contribution in [0.2, 0.25) is 10.0 Å². The molecular formula is C21H21Cl2NO3. The van der Waals surface area contributed by atoms with Gasteiger partial charge in [0.25, 0.3) is 5.91 Å². The van der Waals surface area contributed by atoms with Crippen molar-refractivity contribution in [1.82, 2.24) is 5.32 Å². The van der Waals surface area contributed by atoms with Crippen molar-refractivity contribution in [3.05, 3.63) is 58.1 Å². The van der Waals surface area contributed by atoms with Crippen LogP contribution in [0.3, 0.4) is 0 Å². The summed E-state index contributed by atoms with van der Waals surface area (Å²) >= 11 is 12.6. The molecule has 0 radical (unpaired) electrons. The second-order valence-corrected chi connectivity index (χ2v) is 7.74. The Morgan fingerprint density at radius 2 is 1.52 bits per heavy atom. The summed E-state index contributed by atoms with van der Waals surface area (Å²) in [5, 5.41) is 13.5. The molecule has 0 bridgehead atoms. The lowest BCUT2D eigenvalue weighted by Gasteiger charge is -2.29. The molecule has 0 spiro atoms. The SMILES string of the molecule is O=C(NC1(C(=O)O)CCCCCC1)c1ccc(-c2ccccc2Cl)c(Cl)c1. The third kappa shape index (κ3) is 4.28. The second kappa shape index (κ2) is 8.32. The molecule has 3 rings (SSSR count). The van der Waals surface area contributed by atoms with Crippen LogP contribution in [-0.2, 0) is 4.79 Å². The Balaban J connectivity index is 1.86. The molecule has 27 heavy (non-hydrogen) atoms. The minimum Gasteiger partial charge on any atom is -0.480 e. The molecule has 2 aromatic rings. The van der Waals surface area contributed by atoms with Crippen LogP contribution >= 0.6 is 23.2 Å². The summed E-state index contributed by atoms with van der Waals surface area (Å²) in [5.41, 5.74) is 0.630. The van der Waals surface area contributed by atoms with Crippen LogP contribution in [0.25, 0.3) is 11.1 Å². The number of rotatable bonds is 4. The molecule has 2 N–H and O–H groups in total. The Morgan fingerprint density at radius 1 is 0.889 bits per heavy atom. The normalized spacial score (nSPS) is 16.4. The molecular weight excluding hydrogens is 385 g/mol. The third-order valence-electron chi connectivity index (χ3n) is 5.11. The highest BCUT2D eigenvalue weighted by Gasteiger charge is 2.40. The van der Waals surface area contributed by atoms with E-state index in [1.807, 2.05) is 18.2 Å². The highest BCUT2D eigenvalue weighted by molar-refractivity contribution is 6.36. The van der Waals surface area contributed by atoms with Crippen molar-refractivity contribution in [3.63, 3.8) is 0 Å². The summed E-state index contributed by atoms with van der Waals surface area (Å²) in [4.78, 5) is 24.6. The number of benzene rings is 2. The van der Waals surface area contributed by atoms with Crippen molar-refractivity contribution < 1.29 is 14.7 Å². The minimum atomic E-state index is -1.21. The highest BCUT2D eigenvalue weighted by atomic mass is 35.5. The largest absolute Gasteiger partial charge is 0.480 e. The van der Waals surface area contributed by atoms with Crippen molar-refractivity contribution in [3.8, 4) is 11.1 Å². The molecule has 142 valence electrons. The van der Waals surface area contributed by atoms with Crippen LogP contribution in [0.1, 0.15) is 48.9 Å². The van der Waals surface area contributed by atoms with Gasteiger partial charge in [0, 0.05) is 26.7 Å². The standard InChI is InChI=1S/C21H21Cl2NO3/c22-17-8-4-3-7-15(17)16-10-9-14(13-18(16)23)19(25)24-21(20(26)27)11-5-1-2-6-12-21/h3-4,7-10,13H,1-2,5-6,11-12H2,(H,24,25)(H,26,27). The number of hydrogen-bond acceptors (Lipinski definition) is 2. The lowest BCUT2D eigenvalue weighted by atomic mass is 9.89. The van der Waals surface area contributed by atoms with Gasteiger partial charge in [-0.15, -0.1) is 0 Å². The lowest BCUT2D eigenvalue weighted by Crippen LogP contribution is -2.54. The van der Waals surface area contributed by atoms with E-state index in [2.05, 4.69) is 5.32 Å². The lowest BCUT2D eigenvalue weighted by molar-refractivity contribution is -0.145. The molecule has 0 aromatic heterocycles. The number of hydrogen-bond donors (Lipinski definition) is 2. The fourth-order valence-electron chi connectivity index (χ4n) is 3.57. The molecule has 0 saturated heterocycles. The Bertz CT molecular complexity index is 858. The number of amides is 1. The zero-order chi connectivity index (χ0) is 19.4. The first-order valence-electron chi connectivity index (χ1n) is 9.03. The molecule has 1 fully saturated rings. The summed E-state index contributed by atoms with van der Waals surface area (Å²) in [7, 11) is 0. The fraction of sp³-hybridized carbons (Fsp3) is 0.333. The van der Waals surface area contributed by atoms with Crippen LogP contribution in [-0.4, -0.2) is 22.5 Å². The van der Waals surface area contributed by atoms with E-state index >= 15 is 0 Å². The van der Waals surface area contributed by atoms with Crippen LogP contribution in [0.5, 0.6) is 0 Å². The molecule has 4 nitrogen and oxygen atoms in total. The van der Waals surface area contributed by atoms with Crippen LogP contribution < -0.4 is 5.32 Å². The number of carboxylic acid groups (broad SMARTS) is 1. The van der Waals surface area contributed by atoms with Crippen LogP contribution in [0, 0.1) is 0 Å². The van der Waals surface area contributed by atoms with Gasteiger partial charge in [-0.05, 0) is 31.0 Å². The van der Waals surface area contributed by atoms with Gasteiger partial charge in [0.05, 0.1) is 0 Å². The molecule has 2 aromatic carbocycles. The molecule has 0 aliphatic heterocycles. The number of carboxylic acids is 1. The first-order valence-corrected chi connectivity index (χ1v) is 9.79. The van der Waals surface area contributed by atoms with E-state index in [-0.39, 0.29) is 0 Å². The summed E-state index contributed by atoms with van der Waals surface area (Å²) in [6, 6.07) is 12.3. The van der Waals surface area contributed by atoms with Crippen molar-refractivity contribution in [2.24, 2.45) is 0 Å². The van der Waals surface area contributed by atoms with Gasteiger partial charge in [-0.1, -0.05) is 73.2 Å². The van der Waals surface area contributed by atoms with Gasteiger partial charge in [-0.2, -0.15) is 0 Å². The molecule has 1 amide bonds. The van der Waals surface area contributed by atoms with Gasteiger partial charge >= 0.3 is 5.97 Å². The molecule has 0 unspecified atom stereocenters. The maximum absolute atomic E-state index is 12.7. The van der Waals surface area contributed by atoms with Crippen molar-refractivity contribution >= 4 is 35.1 Å². The number of halogens is 2. The van der Waals surface area contributed by atoms with E-state index < -0.39 is 17.4 Å². The van der Waals surface area contributed by atoms with Crippen molar-refractivity contribution in [2.45, 2.75) is 44.1 Å². The first-order chi connectivity index (χ1) is 12.9. The third-order valence-corrected chi connectivity index (χ3v) is 5.76. The van der Waals surface area contributed by atoms with Gasteiger partial charge in [-0.25, -0.2) is 4.79 Å².